The maximum Gasteiger partial charge on any atom is 0.191 e. The minimum atomic E-state index is 0.674. The third kappa shape index (κ3) is 3.42. The largest absolute Gasteiger partial charge is 0.494 e. The highest BCUT2D eigenvalue weighted by Gasteiger charge is 2.10. The number of aryl methyl sites for hydroxylation is 1. The van der Waals surface area contributed by atoms with Gasteiger partial charge in [-0.05, 0) is 19.9 Å². The Morgan fingerprint density at radius 1 is 1.35 bits per heavy atom. The molecular formula is C15H19N3OS. The monoisotopic (exact) mass is 289 g/mol. The molecule has 0 aliphatic rings. The number of hydrogen-bond donors (Lipinski definition) is 0. The molecule has 5 heteroatoms. The molecule has 0 saturated carbocycles. The maximum atomic E-state index is 5.64. The van der Waals surface area contributed by atoms with Crippen LogP contribution in [0.3, 0.4) is 0 Å². The first-order valence-corrected chi connectivity index (χ1v) is 7.59. The summed E-state index contributed by atoms with van der Waals surface area (Å²) in [6, 6.07) is 8.10. The predicted molar refractivity (Wildman–Crippen MR) is 82.1 cm³/mol. The molecule has 0 unspecified atom stereocenters. The van der Waals surface area contributed by atoms with Crippen molar-refractivity contribution in [3.05, 3.63) is 48.3 Å². The van der Waals surface area contributed by atoms with E-state index in [0.29, 0.717) is 6.61 Å². The molecule has 1 aromatic carbocycles. The molecule has 0 aliphatic carbocycles. The van der Waals surface area contributed by atoms with E-state index in [0.717, 1.165) is 29.0 Å². The summed E-state index contributed by atoms with van der Waals surface area (Å²) in [6.07, 6.45) is 1.86. The van der Waals surface area contributed by atoms with Crippen molar-refractivity contribution in [2.24, 2.45) is 0 Å². The highest BCUT2D eigenvalue weighted by molar-refractivity contribution is 7.98. The van der Waals surface area contributed by atoms with Crippen molar-refractivity contribution in [1.82, 2.24) is 14.8 Å². The molecule has 0 radical (unpaired) electrons. The summed E-state index contributed by atoms with van der Waals surface area (Å²) in [7, 11) is 0. The number of ether oxygens (including phenoxy) is 1. The fraction of sp³-hybridized carbons (Fsp3) is 0.333. The number of hydrogen-bond acceptors (Lipinski definition) is 4. The molecule has 0 amide bonds. The van der Waals surface area contributed by atoms with Gasteiger partial charge in [-0.2, -0.15) is 0 Å². The Balaban J connectivity index is 2.11. The lowest BCUT2D eigenvalue weighted by atomic mass is 10.2. The fourth-order valence-corrected chi connectivity index (χ4v) is 2.85. The van der Waals surface area contributed by atoms with E-state index < -0.39 is 0 Å². The smallest absolute Gasteiger partial charge is 0.191 e. The predicted octanol–water partition coefficient (Wildman–Crippen LogP) is 3.46. The van der Waals surface area contributed by atoms with Crippen LogP contribution < -0.4 is 4.74 Å². The molecule has 4 nitrogen and oxygen atoms in total. The van der Waals surface area contributed by atoms with Gasteiger partial charge < -0.3 is 9.30 Å². The Morgan fingerprint density at radius 2 is 2.15 bits per heavy atom. The number of para-hydroxylation sites is 1. The van der Waals surface area contributed by atoms with E-state index in [1.54, 1.807) is 11.8 Å². The first-order valence-electron chi connectivity index (χ1n) is 6.60. The number of nitrogens with zero attached hydrogens (tertiary/aromatic N) is 3. The fourth-order valence-electron chi connectivity index (χ4n) is 1.87. The quantitative estimate of drug-likeness (QED) is 0.578. The van der Waals surface area contributed by atoms with Crippen molar-refractivity contribution in [2.75, 3.05) is 6.61 Å². The first kappa shape index (κ1) is 14.7. The average Bonchev–Trinajstić information content (AvgIpc) is 2.80. The standard InChI is InChI=1S/C15H19N3OS/c1-4-10-18-12(3)16-17-15(18)20-11-13-8-6-7-9-14(13)19-5-2/h4,6-9H,1,5,10-11H2,2-3H3. The van der Waals surface area contributed by atoms with Crippen LogP contribution in [0.1, 0.15) is 18.3 Å². The molecule has 1 aromatic heterocycles. The molecule has 2 aromatic rings. The summed E-state index contributed by atoms with van der Waals surface area (Å²) in [5, 5.41) is 9.24. The molecule has 2 rings (SSSR count). The number of allylic oxidation sites excluding steroid dienone is 1. The molecule has 20 heavy (non-hydrogen) atoms. The van der Waals surface area contributed by atoms with Crippen molar-refractivity contribution in [1.29, 1.82) is 0 Å². The number of aromatic nitrogens is 3. The molecule has 0 N–H and O–H groups in total. The zero-order valence-corrected chi connectivity index (χ0v) is 12.7. The van der Waals surface area contributed by atoms with Gasteiger partial charge in [-0.1, -0.05) is 36.0 Å². The van der Waals surface area contributed by atoms with Gasteiger partial charge in [-0.3, -0.25) is 0 Å². The molecule has 0 saturated heterocycles. The van der Waals surface area contributed by atoms with Crippen LogP contribution in [0, 0.1) is 6.92 Å². The topological polar surface area (TPSA) is 39.9 Å². The molecule has 0 fully saturated rings. The van der Waals surface area contributed by atoms with Crippen LogP contribution in [0.15, 0.2) is 42.1 Å². The van der Waals surface area contributed by atoms with Gasteiger partial charge >= 0.3 is 0 Å². The van der Waals surface area contributed by atoms with Gasteiger partial charge in [0.1, 0.15) is 11.6 Å². The lowest BCUT2D eigenvalue weighted by Gasteiger charge is -2.10. The van der Waals surface area contributed by atoms with Crippen LogP contribution in [0.4, 0.5) is 0 Å². The van der Waals surface area contributed by atoms with E-state index in [1.165, 1.54) is 5.56 Å². The summed E-state index contributed by atoms with van der Waals surface area (Å²) in [4.78, 5) is 0. The van der Waals surface area contributed by atoms with Crippen LogP contribution in [0.2, 0.25) is 0 Å². The summed E-state index contributed by atoms with van der Waals surface area (Å²) in [5.41, 5.74) is 1.17. The van der Waals surface area contributed by atoms with Crippen molar-refractivity contribution >= 4 is 11.8 Å². The zero-order valence-electron chi connectivity index (χ0n) is 11.9. The first-order chi connectivity index (χ1) is 9.76. The molecule has 0 spiro atoms. The van der Waals surface area contributed by atoms with E-state index in [1.807, 2.05) is 38.1 Å². The molecule has 106 valence electrons. The van der Waals surface area contributed by atoms with E-state index >= 15 is 0 Å². The highest BCUT2D eigenvalue weighted by atomic mass is 32.2. The molecule has 0 atom stereocenters. The maximum absolute atomic E-state index is 5.64. The van der Waals surface area contributed by atoms with Crippen molar-refractivity contribution in [2.45, 2.75) is 31.3 Å². The zero-order chi connectivity index (χ0) is 14.4. The minimum Gasteiger partial charge on any atom is -0.494 e. The van der Waals surface area contributed by atoms with Gasteiger partial charge in [0.25, 0.3) is 0 Å². The highest BCUT2D eigenvalue weighted by Crippen LogP contribution is 2.27. The van der Waals surface area contributed by atoms with E-state index in [-0.39, 0.29) is 0 Å². The van der Waals surface area contributed by atoms with Gasteiger partial charge in [-0.15, -0.1) is 16.8 Å². The Morgan fingerprint density at radius 3 is 2.90 bits per heavy atom. The van der Waals surface area contributed by atoms with Gasteiger partial charge in [0.2, 0.25) is 0 Å². The van der Waals surface area contributed by atoms with Gasteiger partial charge in [0.15, 0.2) is 5.16 Å². The third-order valence-electron chi connectivity index (χ3n) is 2.84. The van der Waals surface area contributed by atoms with Crippen LogP contribution >= 0.6 is 11.8 Å². The third-order valence-corrected chi connectivity index (χ3v) is 3.86. The second-order valence-corrected chi connectivity index (χ2v) is 5.20. The lowest BCUT2D eigenvalue weighted by Crippen LogP contribution is -2.00. The molecule has 1 heterocycles. The summed E-state index contributed by atoms with van der Waals surface area (Å²) in [5.74, 6) is 2.66. The molecule has 0 aliphatic heterocycles. The van der Waals surface area contributed by atoms with Crippen LogP contribution in [-0.2, 0) is 12.3 Å². The molecular weight excluding hydrogens is 270 g/mol. The summed E-state index contributed by atoms with van der Waals surface area (Å²) in [6.45, 7) is 9.12. The summed E-state index contributed by atoms with van der Waals surface area (Å²) < 4.78 is 7.69. The Bertz CT molecular complexity index is 580. The van der Waals surface area contributed by atoms with Gasteiger partial charge in [0.05, 0.1) is 6.61 Å². The van der Waals surface area contributed by atoms with Gasteiger partial charge in [-0.25, -0.2) is 0 Å². The van der Waals surface area contributed by atoms with Crippen LogP contribution in [0.25, 0.3) is 0 Å². The summed E-state index contributed by atoms with van der Waals surface area (Å²) >= 11 is 1.66. The van der Waals surface area contributed by atoms with Crippen LogP contribution in [-0.4, -0.2) is 21.4 Å². The molecule has 0 bridgehead atoms. The average molecular weight is 289 g/mol. The number of thioether (sulfide) groups is 1. The number of rotatable bonds is 7. The second-order valence-electron chi connectivity index (χ2n) is 4.26. The minimum absolute atomic E-state index is 0.674. The number of benzene rings is 1. The Hall–Kier alpha value is -1.75. The second kappa shape index (κ2) is 7.14. The van der Waals surface area contributed by atoms with E-state index in [9.17, 15) is 0 Å². The Kier molecular flexibility index (Phi) is 5.24. The van der Waals surface area contributed by atoms with Crippen molar-refractivity contribution in [3.63, 3.8) is 0 Å². The normalized spacial score (nSPS) is 10.5. The van der Waals surface area contributed by atoms with Crippen molar-refractivity contribution in [3.8, 4) is 5.75 Å². The van der Waals surface area contributed by atoms with E-state index in [2.05, 4.69) is 27.4 Å². The van der Waals surface area contributed by atoms with Crippen LogP contribution in [0.5, 0.6) is 5.75 Å². The Labute approximate surface area is 123 Å². The SMILES string of the molecule is C=CCn1c(C)nnc1SCc1ccccc1OCC. The van der Waals surface area contributed by atoms with Gasteiger partial charge in [0, 0.05) is 17.9 Å². The lowest BCUT2D eigenvalue weighted by molar-refractivity contribution is 0.337. The van der Waals surface area contributed by atoms with E-state index in [4.69, 9.17) is 4.74 Å². The van der Waals surface area contributed by atoms with Crippen molar-refractivity contribution < 1.29 is 4.74 Å².